The van der Waals surface area contributed by atoms with Crippen LogP contribution in [0.1, 0.15) is 22.1 Å². The Hall–Kier alpha value is -4.97. The van der Waals surface area contributed by atoms with E-state index in [1.54, 1.807) is 60.9 Å². The Kier molecular flexibility index (Phi) is 9.96. The molecule has 2 heterocycles. The van der Waals surface area contributed by atoms with Crippen LogP contribution < -0.4 is 10.0 Å². The van der Waals surface area contributed by atoms with Crippen molar-refractivity contribution in [1.82, 2.24) is 14.6 Å². The lowest BCUT2D eigenvalue weighted by Gasteiger charge is -2.28. The van der Waals surface area contributed by atoms with E-state index in [4.69, 9.17) is 4.74 Å². The Morgan fingerprint density at radius 3 is 2.11 bits per heavy atom. The van der Waals surface area contributed by atoms with E-state index in [2.05, 4.69) is 15.0 Å². The highest BCUT2D eigenvalue weighted by Gasteiger charge is 2.43. The van der Waals surface area contributed by atoms with Crippen LogP contribution in [0.2, 0.25) is 0 Å². The van der Waals surface area contributed by atoms with Crippen molar-refractivity contribution < 1.29 is 22.7 Å². The van der Waals surface area contributed by atoms with Gasteiger partial charge in [-0.2, -0.15) is 0 Å². The van der Waals surface area contributed by atoms with Gasteiger partial charge in [-0.05, 0) is 64.2 Å². The van der Waals surface area contributed by atoms with E-state index in [1.807, 2.05) is 72.8 Å². The minimum atomic E-state index is -3.74. The van der Waals surface area contributed by atoms with Crippen LogP contribution in [0.15, 0.2) is 139 Å². The van der Waals surface area contributed by atoms with Crippen molar-refractivity contribution in [3.05, 3.63) is 150 Å². The zero-order valence-electron chi connectivity index (χ0n) is 25.2. The molecule has 1 aromatic heterocycles. The molecule has 0 aliphatic carbocycles. The molecule has 1 aliphatic heterocycles. The van der Waals surface area contributed by atoms with Crippen molar-refractivity contribution >= 4 is 39.5 Å². The number of hydrogen-bond donors (Lipinski definition) is 2. The molecule has 0 bridgehead atoms. The van der Waals surface area contributed by atoms with Gasteiger partial charge in [0.2, 0.25) is 15.9 Å². The summed E-state index contributed by atoms with van der Waals surface area (Å²) in [6, 6.07) is 35.6. The second-order valence-corrected chi connectivity index (χ2v) is 13.7. The number of hydrogen-bond acceptors (Lipinski definition) is 7. The molecule has 4 aromatic carbocycles. The molecule has 0 saturated carbocycles. The average molecular weight is 665 g/mol. The Balaban J connectivity index is 1.08. The number of rotatable bonds is 10. The third-order valence-corrected chi connectivity index (χ3v) is 10.4. The maximum atomic E-state index is 13.5. The molecule has 2 unspecified atom stereocenters. The van der Waals surface area contributed by atoms with Crippen molar-refractivity contribution in [2.24, 2.45) is 0 Å². The Bertz CT molecular complexity index is 1910. The van der Waals surface area contributed by atoms with Crippen LogP contribution in [-0.4, -0.2) is 42.1 Å². The fourth-order valence-electron chi connectivity index (χ4n) is 5.16. The summed E-state index contributed by atoms with van der Waals surface area (Å²) in [5.74, 6) is 0.0314. The normalized spacial score (nSPS) is 16.0. The van der Waals surface area contributed by atoms with Crippen LogP contribution in [0.3, 0.4) is 0 Å². The summed E-state index contributed by atoms with van der Waals surface area (Å²) in [7, 11) is -3.74. The second-order valence-electron chi connectivity index (χ2n) is 10.8. The van der Waals surface area contributed by atoms with Gasteiger partial charge in [0, 0.05) is 30.4 Å². The molecule has 5 aromatic rings. The lowest BCUT2D eigenvalue weighted by Crippen LogP contribution is -2.45. The van der Waals surface area contributed by atoms with Gasteiger partial charge in [-0.1, -0.05) is 84.9 Å². The first-order valence-electron chi connectivity index (χ1n) is 14.9. The van der Waals surface area contributed by atoms with E-state index in [-0.39, 0.29) is 24.0 Å². The van der Waals surface area contributed by atoms with Gasteiger partial charge in [-0.15, -0.1) is 11.8 Å². The number of benzene rings is 4. The van der Waals surface area contributed by atoms with E-state index < -0.39 is 27.5 Å². The first-order valence-corrected chi connectivity index (χ1v) is 17.5. The molecule has 1 fully saturated rings. The third kappa shape index (κ3) is 7.89. The van der Waals surface area contributed by atoms with Crippen LogP contribution in [0.4, 0.5) is 10.5 Å². The van der Waals surface area contributed by atoms with E-state index in [1.165, 1.54) is 16.7 Å². The van der Waals surface area contributed by atoms with E-state index >= 15 is 0 Å². The highest BCUT2D eigenvalue weighted by molar-refractivity contribution is 7.99. The predicted molar refractivity (Wildman–Crippen MR) is 183 cm³/mol. The monoisotopic (exact) mass is 664 g/mol. The molecule has 47 heavy (non-hydrogen) atoms. The lowest BCUT2D eigenvalue weighted by atomic mass is 10.1. The predicted octanol–water partition coefficient (Wildman–Crippen LogP) is 6.62. The SMILES string of the molecule is O=C(Nc1ccc(CNS(=O)(=O)c2ccc(-c3ccccc3)cc2)cc1)C1CSC(c2ccncc2)N1C(=O)OCc1ccccc1. The number of carbonyl (C=O) groups excluding carboxylic acids is 2. The number of nitrogens with one attached hydrogen (secondary N) is 2. The quantitative estimate of drug-likeness (QED) is 0.172. The molecule has 11 heteroatoms. The fraction of sp³-hybridized carbons (Fsp3) is 0.139. The summed E-state index contributed by atoms with van der Waals surface area (Å²) >= 11 is 1.48. The number of thioether (sulfide) groups is 1. The second kappa shape index (κ2) is 14.6. The standard InChI is InChI=1S/C36H32N4O5S2/c41-34(33-25-46-35(30-19-21-37-22-20-30)40(33)36(42)45-24-27-7-3-1-4-8-27)39-31-15-11-26(12-16-31)23-38-47(43,44)32-17-13-29(14-18-32)28-9-5-2-6-10-28/h1-22,33,35,38H,23-25H2,(H,39,41). The van der Waals surface area contributed by atoms with E-state index in [0.717, 1.165) is 22.3 Å². The molecule has 2 atom stereocenters. The lowest BCUT2D eigenvalue weighted by molar-refractivity contribution is -0.120. The summed E-state index contributed by atoms with van der Waals surface area (Å²) in [4.78, 5) is 32.6. The number of anilines is 1. The number of amides is 2. The van der Waals surface area contributed by atoms with E-state index in [0.29, 0.717) is 17.0 Å². The Morgan fingerprint density at radius 2 is 1.43 bits per heavy atom. The molecule has 6 rings (SSSR count). The number of ether oxygens (including phenoxy) is 1. The first kappa shape index (κ1) is 32.0. The third-order valence-electron chi connectivity index (χ3n) is 7.67. The van der Waals surface area contributed by atoms with Gasteiger partial charge in [-0.25, -0.2) is 17.9 Å². The topological polar surface area (TPSA) is 118 Å². The maximum Gasteiger partial charge on any atom is 0.412 e. The van der Waals surface area contributed by atoms with E-state index in [9.17, 15) is 18.0 Å². The van der Waals surface area contributed by atoms with Crippen LogP contribution in [0.25, 0.3) is 11.1 Å². The molecule has 2 N–H and O–H groups in total. The molecule has 0 radical (unpaired) electrons. The number of sulfonamides is 1. The van der Waals surface area contributed by atoms with Crippen molar-refractivity contribution in [3.8, 4) is 11.1 Å². The highest BCUT2D eigenvalue weighted by Crippen LogP contribution is 2.42. The van der Waals surface area contributed by atoms with Crippen molar-refractivity contribution in [1.29, 1.82) is 0 Å². The molecular formula is C36H32N4O5S2. The smallest absolute Gasteiger partial charge is 0.412 e. The summed E-state index contributed by atoms with van der Waals surface area (Å²) in [5, 5.41) is 2.49. The van der Waals surface area contributed by atoms with Crippen LogP contribution in [0, 0.1) is 0 Å². The van der Waals surface area contributed by atoms with Crippen LogP contribution in [0.5, 0.6) is 0 Å². The number of pyridine rings is 1. The summed E-state index contributed by atoms with van der Waals surface area (Å²) in [5.41, 5.74) is 4.86. The van der Waals surface area contributed by atoms with Crippen LogP contribution >= 0.6 is 11.8 Å². The summed E-state index contributed by atoms with van der Waals surface area (Å²) in [6.45, 7) is 0.160. The van der Waals surface area contributed by atoms with Gasteiger partial charge in [-0.3, -0.25) is 14.7 Å². The van der Waals surface area contributed by atoms with Crippen molar-refractivity contribution in [2.75, 3.05) is 11.1 Å². The molecule has 0 spiro atoms. The van der Waals surface area contributed by atoms with Gasteiger partial charge in [0.25, 0.3) is 0 Å². The minimum absolute atomic E-state index is 0.0743. The van der Waals surface area contributed by atoms with Crippen molar-refractivity contribution in [2.45, 2.75) is 29.5 Å². The fourth-order valence-corrected chi connectivity index (χ4v) is 7.60. The zero-order chi connectivity index (χ0) is 32.6. The number of aromatic nitrogens is 1. The van der Waals surface area contributed by atoms with Gasteiger partial charge in [0.05, 0.1) is 4.90 Å². The molecular weight excluding hydrogens is 633 g/mol. The molecule has 1 saturated heterocycles. The summed E-state index contributed by atoms with van der Waals surface area (Å²) < 4.78 is 34.2. The highest BCUT2D eigenvalue weighted by atomic mass is 32.2. The van der Waals surface area contributed by atoms with Crippen LogP contribution in [-0.2, 0) is 32.7 Å². The average Bonchev–Trinajstić information content (AvgIpc) is 3.57. The van der Waals surface area contributed by atoms with Gasteiger partial charge in [0.15, 0.2) is 0 Å². The largest absolute Gasteiger partial charge is 0.444 e. The molecule has 9 nitrogen and oxygen atoms in total. The summed E-state index contributed by atoms with van der Waals surface area (Å²) in [6.07, 6.45) is 2.72. The van der Waals surface area contributed by atoms with Gasteiger partial charge in [0.1, 0.15) is 18.0 Å². The van der Waals surface area contributed by atoms with Gasteiger partial charge >= 0.3 is 6.09 Å². The number of carbonyl (C=O) groups is 2. The zero-order valence-corrected chi connectivity index (χ0v) is 26.9. The Morgan fingerprint density at radius 1 is 0.787 bits per heavy atom. The molecule has 1 aliphatic rings. The Labute approximate surface area is 278 Å². The minimum Gasteiger partial charge on any atom is -0.444 e. The van der Waals surface area contributed by atoms with Crippen molar-refractivity contribution in [3.63, 3.8) is 0 Å². The first-order chi connectivity index (χ1) is 22.9. The maximum absolute atomic E-state index is 13.5. The molecule has 2 amide bonds. The molecule has 238 valence electrons. The number of nitrogens with zero attached hydrogens (tertiary/aromatic N) is 2. The van der Waals surface area contributed by atoms with Gasteiger partial charge < -0.3 is 10.1 Å².